The van der Waals surface area contributed by atoms with Gasteiger partial charge >= 0.3 is 0 Å². The van der Waals surface area contributed by atoms with Gasteiger partial charge in [0.2, 0.25) is 0 Å². The lowest BCUT2D eigenvalue weighted by Crippen LogP contribution is -2.22. The molecule has 2 heteroatoms. The summed E-state index contributed by atoms with van der Waals surface area (Å²) in [6.07, 6.45) is 0.700. The van der Waals surface area contributed by atoms with Crippen LogP contribution in [-0.4, -0.2) is 5.11 Å². The first-order valence-corrected chi connectivity index (χ1v) is 6.12. The minimum Gasteiger partial charge on any atom is -0.458 e. The van der Waals surface area contributed by atoms with Gasteiger partial charge in [-0.25, -0.2) is 0 Å². The van der Waals surface area contributed by atoms with Crippen LogP contribution in [0, 0.1) is 12.8 Å². The van der Waals surface area contributed by atoms with E-state index >= 15 is 0 Å². The Hall–Kier alpha value is -1.28. The first-order valence-electron chi connectivity index (χ1n) is 6.12. The second-order valence-electron chi connectivity index (χ2n) is 5.48. The van der Waals surface area contributed by atoms with Gasteiger partial charge in [-0.1, -0.05) is 32.0 Å². The van der Waals surface area contributed by atoms with Crippen LogP contribution in [0.5, 0.6) is 0 Å². The summed E-state index contributed by atoms with van der Waals surface area (Å²) in [7, 11) is 0. The summed E-state index contributed by atoms with van der Waals surface area (Å²) in [5.41, 5.74) is 1.10. The Bertz CT molecular complexity index is 521. The minimum atomic E-state index is -0.889. The molecule has 17 heavy (non-hydrogen) atoms. The van der Waals surface area contributed by atoms with Crippen LogP contribution in [0.3, 0.4) is 0 Å². The third kappa shape index (κ3) is 2.37. The second-order valence-corrected chi connectivity index (χ2v) is 5.48. The molecule has 1 heterocycles. The van der Waals surface area contributed by atoms with Crippen LogP contribution in [0.1, 0.15) is 38.5 Å². The predicted octanol–water partition coefficient (Wildman–Crippen LogP) is 3.99. The van der Waals surface area contributed by atoms with Crippen molar-refractivity contribution in [2.75, 3.05) is 0 Å². The van der Waals surface area contributed by atoms with Crippen LogP contribution in [0.25, 0.3) is 11.0 Å². The molecule has 0 aliphatic heterocycles. The Morgan fingerprint density at radius 1 is 1.35 bits per heavy atom. The number of aryl methyl sites for hydroxylation is 1. The van der Waals surface area contributed by atoms with Crippen molar-refractivity contribution in [1.29, 1.82) is 0 Å². The highest BCUT2D eigenvalue weighted by Gasteiger charge is 2.28. The van der Waals surface area contributed by atoms with Gasteiger partial charge in [-0.05, 0) is 37.8 Å². The molecule has 2 aromatic rings. The highest BCUT2D eigenvalue weighted by atomic mass is 16.4. The zero-order valence-electron chi connectivity index (χ0n) is 10.9. The number of benzene rings is 1. The monoisotopic (exact) mass is 232 g/mol. The summed E-state index contributed by atoms with van der Waals surface area (Å²) in [5.74, 6) is 1.09. The molecular weight excluding hydrogens is 212 g/mol. The van der Waals surface area contributed by atoms with Gasteiger partial charge in [0.1, 0.15) is 16.9 Å². The van der Waals surface area contributed by atoms with Crippen LogP contribution >= 0.6 is 0 Å². The number of hydrogen-bond acceptors (Lipinski definition) is 2. The molecule has 0 saturated heterocycles. The van der Waals surface area contributed by atoms with Gasteiger partial charge in [0.15, 0.2) is 0 Å². The molecule has 1 N–H and O–H groups in total. The quantitative estimate of drug-likeness (QED) is 0.867. The molecule has 0 aliphatic rings. The van der Waals surface area contributed by atoms with E-state index in [1.54, 1.807) is 0 Å². The van der Waals surface area contributed by atoms with E-state index in [4.69, 9.17) is 4.42 Å². The lowest BCUT2D eigenvalue weighted by atomic mass is 9.92. The summed E-state index contributed by atoms with van der Waals surface area (Å²) in [6, 6.07) is 7.99. The molecule has 0 fully saturated rings. The molecular formula is C15H20O2. The summed E-state index contributed by atoms with van der Waals surface area (Å²) < 4.78 is 5.81. The van der Waals surface area contributed by atoms with Crippen molar-refractivity contribution in [3.05, 3.63) is 35.6 Å². The molecule has 0 radical (unpaired) electrons. The van der Waals surface area contributed by atoms with Crippen LogP contribution < -0.4 is 0 Å². The van der Waals surface area contributed by atoms with Crippen molar-refractivity contribution in [1.82, 2.24) is 0 Å². The summed E-state index contributed by atoms with van der Waals surface area (Å²) >= 11 is 0. The summed E-state index contributed by atoms with van der Waals surface area (Å²) in [6.45, 7) is 8.04. The third-order valence-corrected chi connectivity index (χ3v) is 3.08. The molecule has 1 atom stereocenters. The first kappa shape index (κ1) is 12.2. The highest BCUT2D eigenvalue weighted by Crippen LogP contribution is 2.33. The minimum absolute atomic E-state index is 0.430. The first-order chi connectivity index (χ1) is 7.90. The fraction of sp³-hybridized carbons (Fsp3) is 0.467. The maximum Gasteiger partial charge on any atom is 0.137 e. The molecule has 2 nitrogen and oxygen atoms in total. The van der Waals surface area contributed by atoms with E-state index < -0.39 is 5.60 Å². The van der Waals surface area contributed by atoms with Gasteiger partial charge < -0.3 is 9.52 Å². The topological polar surface area (TPSA) is 33.4 Å². The van der Waals surface area contributed by atoms with Crippen molar-refractivity contribution >= 4 is 11.0 Å². The number of aliphatic hydroxyl groups is 1. The second kappa shape index (κ2) is 4.19. The van der Waals surface area contributed by atoms with E-state index in [-0.39, 0.29) is 0 Å². The molecule has 1 aromatic heterocycles. The number of fused-ring (bicyclic) bond motifs is 1. The highest BCUT2D eigenvalue weighted by molar-refractivity contribution is 5.81. The van der Waals surface area contributed by atoms with Crippen molar-refractivity contribution < 1.29 is 9.52 Å². The zero-order valence-corrected chi connectivity index (χ0v) is 10.9. The van der Waals surface area contributed by atoms with Crippen LogP contribution in [0.15, 0.2) is 28.7 Å². The largest absolute Gasteiger partial charge is 0.458 e. The Morgan fingerprint density at radius 2 is 2.06 bits per heavy atom. The molecule has 0 spiro atoms. The van der Waals surface area contributed by atoms with Crippen LogP contribution in [0.4, 0.5) is 0 Å². The van der Waals surface area contributed by atoms with Gasteiger partial charge in [0.05, 0.1) is 0 Å². The molecule has 92 valence electrons. The maximum atomic E-state index is 10.5. The number of furan rings is 1. The SMILES string of the molecule is Cc1cccc2cc(C(C)(O)CC(C)C)oc12. The van der Waals surface area contributed by atoms with Crippen LogP contribution in [-0.2, 0) is 5.60 Å². The molecule has 0 saturated carbocycles. The van der Waals surface area contributed by atoms with Gasteiger partial charge in [-0.15, -0.1) is 0 Å². The molecule has 2 rings (SSSR count). The van der Waals surface area contributed by atoms with Crippen molar-refractivity contribution in [2.24, 2.45) is 5.92 Å². The molecule has 1 unspecified atom stereocenters. The predicted molar refractivity (Wildman–Crippen MR) is 70.0 cm³/mol. The normalized spacial score (nSPS) is 15.4. The Labute approximate surface area is 102 Å². The maximum absolute atomic E-state index is 10.5. The lowest BCUT2D eigenvalue weighted by Gasteiger charge is -2.22. The van der Waals surface area contributed by atoms with Gasteiger partial charge in [-0.3, -0.25) is 0 Å². The van der Waals surface area contributed by atoms with Gasteiger partial charge in [0, 0.05) is 5.39 Å². The van der Waals surface area contributed by atoms with E-state index in [0.29, 0.717) is 18.1 Å². The van der Waals surface area contributed by atoms with Crippen molar-refractivity contribution in [3.63, 3.8) is 0 Å². The van der Waals surface area contributed by atoms with Crippen LogP contribution in [0.2, 0.25) is 0 Å². The number of hydrogen-bond donors (Lipinski definition) is 1. The Balaban J connectivity index is 2.46. The molecule has 1 aromatic carbocycles. The molecule has 0 aliphatic carbocycles. The Kier molecular flexibility index (Phi) is 3.00. The zero-order chi connectivity index (χ0) is 12.6. The number of rotatable bonds is 3. The van der Waals surface area contributed by atoms with E-state index in [9.17, 15) is 5.11 Å². The van der Waals surface area contributed by atoms with E-state index in [1.165, 1.54) is 0 Å². The number of para-hydroxylation sites is 1. The van der Waals surface area contributed by atoms with Crippen molar-refractivity contribution in [3.8, 4) is 0 Å². The fourth-order valence-electron chi connectivity index (χ4n) is 2.37. The third-order valence-electron chi connectivity index (χ3n) is 3.08. The lowest BCUT2D eigenvalue weighted by molar-refractivity contribution is 0.0150. The average Bonchev–Trinajstić information content (AvgIpc) is 2.61. The van der Waals surface area contributed by atoms with E-state index in [2.05, 4.69) is 13.8 Å². The molecule has 0 amide bonds. The fourth-order valence-corrected chi connectivity index (χ4v) is 2.37. The van der Waals surface area contributed by atoms with E-state index in [1.807, 2.05) is 38.1 Å². The molecule has 0 bridgehead atoms. The Morgan fingerprint density at radius 3 is 2.65 bits per heavy atom. The van der Waals surface area contributed by atoms with E-state index in [0.717, 1.165) is 16.5 Å². The average molecular weight is 232 g/mol. The summed E-state index contributed by atoms with van der Waals surface area (Å²) in [4.78, 5) is 0. The standard InChI is InChI=1S/C15H20O2/c1-10(2)9-15(4,16)13-8-12-7-5-6-11(3)14(12)17-13/h5-8,10,16H,9H2,1-4H3. The smallest absolute Gasteiger partial charge is 0.137 e. The van der Waals surface area contributed by atoms with Gasteiger partial charge in [0.25, 0.3) is 0 Å². The van der Waals surface area contributed by atoms with Gasteiger partial charge in [-0.2, -0.15) is 0 Å². The van der Waals surface area contributed by atoms with Crippen molar-refractivity contribution in [2.45, 2.75) is 39.7 Å². The summed E-state index contributed by atoms with van der Waals surface area (Å²) in [5, 5.41) is 11.5.